The standard InChI is InChI=1S/C14H17N3O3S/c1-10-3-2-4-11-13(10)15-14(21-9-12(18)19)17(11)16-5-7-20-8-6-16/h2-4H,5-9H2,1H3,(H,18,19). The summed E-state index contributed by atoms with van der Waals surface area (Å²) >= 11 is 1.25. The zero-order chi connectivity index (χ0) is 14.8. The number of rotatable bonds is 4. The molecular formula is C14H17N3O3S. The fraction of sp³-hybridized carbons (Fsp3) is 0.429. The number of benzene rings is 1. The number of aliphatic carboxylic acids is 1. The number of hydrogen-bond acceptors (Lipinski definition) is 5. The number of ether oxygens (including phenoxy) is 1. The monoisotopic (exact) mass is 307 g/mol. The maximum absolute atomic E-state index is 10.9. The van der Waals surface area contributed by atoms with Gasteiger partial charge < -0.3 is 14.9 Å². The number of aryl methyl sites for hydroxylation is 1. The van der Waals surface area contributed by atoms with Crippen LogP contribution in [0.2, 0.25) is 0 Å². The number of nitrogens with zero attached hydrogens (tertiary/aromatic N) is 3. The summed E-state index contributed by atoms with van der Waals surface area (Å²) in [5.41, 5.74) is 3.04. The molecule has 3 rings (SSSR count). The number of carbonyl (C=O) groups is 1. The van der Waals surface area contributed by atoms with Crippen LogP contribution in [0.5, 0.6) is 0 Å². The molecule has 0 spiro atoms. The second-order valence-corrected chi connectivity index (χ2v) is 5.84. The zero-order valence-electron chi connectivity index (χ0n) is 11.8. The Kier molecular flexibility index (Phi) is 4.03. The maximum Gasteiger partial charge on any atom is 0.313 e. The largest absolute Gasteiger partial charge is 0.481 e. The SMILES string of the molecule is Cc1cccc2c1nc(SCC(=O)O)n2N1CCOCC1. The lowest BCUT2D eigenvalue weighted by Crippen LogP contribution is -2.44. The smallest absolute Gasteiger partial charge is 0.313 e. The van der Waals surface area contributed by atoms with Gasteiger partial charge in [-0.2, -0.15) is 0 Å². The molecule has 1 saturated heterocycles. The number of fused-ring (bicyclic) bond motifs is 1. The van der Waals surface area contributed by atoms with E-state index in [1.165, 1.54) is 11.8 Å². The number of aromatic nitrogens is 2. The molecule has 2 aromatic rings. The minimum atomic E-state index is -0.836. The van der Waals surface area contributed by atoms with Gasteiger partial charge in [-0.25, -0.2) is 9.66 Å². The van der Waals surface area contributed by atoms with Crippen LogP contribution in [0.4, 0.5) is 0 Å². The Morgan fingerprint density at radius 3 is 2.90 bits per heavy atom. The average molecular weight is 307 g/mol. The third-order valence-corrected chi connectivity index (χ3v) is 4.34. The van der Waals surface area contributed by atoms with Crippen molar-refractivity contribution in [2.45, 2.75) is 12.1 Å². The lowest BCUT2D eigenvalue weighted by molar-refractivity contribution is -0.133. The first-order valence-electron chi connectivity index (χ1n) is 6.82. The first-order valence-corrected chi connectivity index (χ1v) is 7.81. The van der Waals surface area contributed by atoms with Gasteiger partial charge in [0.1, 0.15) is 0 Å². The molecule has 1 aromatic carbocycles. The van der Waals surface area contributed by atoms with Crippen molar-refractivity contribution in [3.8, 4) is 0 Å². The molecule has 2 heterocycles. The lowest BCUT2D eigenvalue weighted by Gasteiger charge is -2.31. The summed E-state index contributed by atoms with van der Waals surface area (Å²) in [7, 11) is 0. The van der Waals surface area contributed by atoms with Gasteiger partial charge in [0.15, 0.2) is 5.16 Å². The van der Waals surface area contributed by atoms with Crippen molar-refractivity contribution in [1.29, 1.82) is 0 Å². The molecule has 0 saturated carbocycles. The summed E-state index contributed by atoms with van der Waals surface area (Å²) in [4.78, 5) is 15.5. The van der Waals surface area contributed by atoms with Crippen LogP contribution in [-0.2, 0) is 9.53 Å². The number of carboxylic acid groups (broad SMARTS) is 1. The van der Waals surface area contributed by atoms with Crippen LogP contribution in [0.25, 0.3) is 11.0 Å². The van der Waals surface area contributed by atoms with Gasteiger partial charge in [-0.1, -0.05) is 23.9 Å². The first-order chi connectivity index (χ1) is 10.2. The zero-order valence-corrected chi connectivity index (χ0v) is 12.6. The predicted octanol–water partition coefficient (Wildman–Crippen LogP) is 1.49. The summed E-state index contributed by atoms with van der Waals surface area (Å²) in [5.74, 6) is -0.829. The van der Waals surface area contributed by atoms with Crippen molar-refractivity contribution in [1.82, 2.24) is 9.66 Å². The average Bonchev–Trinajstić information content (AvgIpc) is 2.86. The molecular weight excluding hydrogens is 290 g/mol. The highest BCUT2D eigenvalue weighted by Crippen LogP contribution is 2.26. The van der Waals surface area contributed by atoms with Crippen molar-refractivity contribution in [3.63, 3.8) is 0 Å². The van der Waals surface area contributed by atoms with E-state index in [1.54, 1.807) is 0 Å². The van der Waals surface area contributed by atoms with E-state index in [-0.39, 0.29) is 5.75 Å². The Balaban J connectivity index is 2.06. The highest BCUT2D eigenvalue weighted by Gasteiger charge is 2.20. The molecule has 1 N–H and O–H groups in total. The molecule has 0 radical (unpaired) electrons. The number of thioether (sulfide) groups is 1. The van der Waals surface area contributed by atoms with E-state index >= 15 is 0 Å². The van der Waals surface area contributed by atoms with E-state index in [0.717, 1.165) is 34.8 Å². The molecule has 21 heavy (non-hydrogen) atoms. The maximum atomic E-state index is 10.9. The molecule has 1 aliphatic heterocycles. The van der Waals surface area contributed by atoms with Gasteiger partial charge in [-0.15, -0.1) is 0 Å². The molecule has 0 unspecified atom stereocenters. The van der Waals surface area contributed by atoms with Crippen LogP contribution in [0, 0.1) is 6.92 Å². The fourth-order valence-corrected chi connectivity index (χ4v) is 3.20. The summed E-state index contributed by atoms with van der Waals surface area (Å²) in [6, 6.07) is 6.04. The van der Waals surface area contributed by atoms with Gasteiger partial charge in [0.2, 0.25) is 0 Å². The topological polar surface area (TPSA) is 67.6 Å². The van der Waals surface area contributed by atoms with Gasteiger partial charge in [-0.05, 0) is 18.6 Å². The number of morpholine rings is 1. The van der Waals surface area contributed by atoms with Crippen LogP contribution in [0.1, 0.15) is 5.56 Å². The first kappa shape index (κ1) is 14.2. The minimum absolute atomic E-state index is 0.00666. The van der Waals surface area contributed by atoms with Crippen LogP contribution < -0.4 is 5.01 Å². The molecule has 112 valence electrons. The van der Waals surface area contributed by atoms with Gasteiger partial charge >= 0.3 is 5.97 Å². The Bertz CT molecular complexity index is 665. The Morgan fingerprint density at radius 2 is 2.19 bits per heavy atom. The molecule has 0 bridgehead atoms. The predicted molar refractivity (Wildman–Crippen MR) is 81.6 cm³/mol. The molecule has 0 atom stereocenters. The summed E-state index contributed by atoms with van der Waals surface area (Å²) in [6.45, 7) is 4.92. The van der Waals surface area contributed by atoms with E-state index in [1.807, 2.05) is 29.8 Å². The third-order valence-electron chi connectivity index (χ3n) is 3.43. The number of para-hydroxylation sites is 1. The normalized spacial score (nSPS) is 15.6. The number of hydrogen-bond donors (Lipinski definition) is 1. The van der Waals surface area contributed by atoms with Crippen LogP contribution in [-0.4, -0.2) is 52.8 Å². The van der Waals surface area contributed by atoms with Crippen molar-refractivity contribution in [2.24, 2.45) is 0 Å². The second-order valence-electron chi connectivity index (χ2n) is 4.90. The summed E-state index contributed by atoms with van der Waals surface area (Å²) < 4.78 is 7.44. The van der Waals surface area contributed by atoms with E-state index in [2.05, 4.69) is 9.99 Å². The minimum Gasteiger partial charge on any atom is -0.481 e. The van der Waals surface area contributed by atoms with Crippen molar-refractivity contribution in [3.05, 3.63) is 23.8 Å². The van der Waals surface area contributed by atoms with E-state index in [9.17, 15) is 4.79 Å². The molecule has 1 fully saturated rings. The number of carboxylic acids is 1. The van der Waals surface area contributed by atoms with Crippen molar-refractivity contribution in [2.75, 3.05) is 37.1 Å². The lowest BCUT2D eigenvalue weighted by atomic mass is 10.2. The summed E-state index contributed by atoms with van der Waals surface area (Å²) in [6.07, 6.45) is 0. The van der Waals surface area contributed by atoms with Gasteiger partial charge in [-0.3, -0.25) is 4.79 Å². The molecule has 1 aliphatic rings. The van der Waals surface area contributed by atoms with E-state index in [4.69, 9.17) is 9.84 Å². The van der Waals surface area contributed by atoms with Gasteiger partial charge in [0.05, 0.1) is 43.1 Å². The van der Waals surface area contributed by atoms with Gasteiger partial charge in [0, 0.05) is 0 Å². The molecule has 7 heteroatoms. The van der Waals surface area contributed by atoms with Crippen molar-refractivity contribution < 1.29 is 14.6 Å². The van der Waals surface area contributed by atoms with E-state index < -0.39 is 5.97 Å². The molecule has 1 aromatic heterocycles. The molecule has 0 amide bonds. The Hall–Kier alpha value is -1.73. The summed E-state index contributed by atoms with van der Waals surface area (Å²) in [5, 5.41) is 11.8. The van der Waals surface area contributed by atoms with E-state index in [0.29, 0.717) is 13.2 Å². The van der Waals surface area contributed by atoms with Crippen LogP contribution in [0.15, 0.2) is 23.4 Å². The number of imidazole rings is 1. The third kappa shape index (κ3) is 2.84. The highest BCUT2D eigenvalue weighted by atomic mass is 32.2. The molecule has 0 aliphatic carbocycles. The second kappa shape index (κ2) is 5.95. The quantitative estimate of drug-likeness (QED) is 0.863. The Morgan fingerprint density at radius 1 is 1.43 bits per heavy atom. The van der Waals surface area contributed by atoms with Crippen molar-refractivity contribution >= 4 is 28.8 Å². The highest BCUT2D eigenvalue weighted by molar-refractivity contribution is 7.99. The Labute approximate surface area is 126 Å². The van der Waals surface area contributed by atoms with Crippen LogP contribution in [0.3, 0.4) is 0 Å². The van der Waals surface area contributed by atoms with Gasteiger partial charge in [0.25, 0.3) is 0 Å². The van der Waals surface area contributed by atoms with Crippen LogP contribution >= 0.6 is 11.8 Å². The molecule has 6 nitrogen and oxygen atoms in total. The fourth-order valence-electron chi connectivity index (χ4n) is 2.45.